The zero-order valence-corrected chi connectivity index (χ0v) is 51.8. The zero-order valence-electron chi connectivity index (χ0n) is 39.0. The number of hydrogen-bond acceptors (Lipinski definition) is 20. The van der Waals surface area contributed by atoms with E-state index < -0.39 is 47.2 Å². The van der Waals surface area contributed by atoms with Crippen molar-refractivity contribution < 1.29 is 208 Å². The number of hydrogen-bond donors (Lipinski definition) is 1. The van der Waals surface area contributed by atoms with Crippen molar-refractivity contribution in [2.24, 2.45) is 0 Å². The number of carbonyl (C=O) groups is 2. The van der Waals surface area contributed by atoms with Gasteiger partial charge in [0.2, 0.25) is 0 Å². The summed E-state index contributed by atoms with van der Waals surface area (Å²) in [4.78, 5) is 20.3. The van der Waals surface area contributed by atoms with Gasteiger partial charge in [-0.15, -0.1) is 25.3 Å². The second kappa shape index (κ2) is 51.1. The van der Waals surface area contributed by atoms with Crippen LogP contribution in [-0.2, 0) is 50.9 Å². The molecule has 0 bridgehead atoms. The van der Waals surface area contributed by atoms with E-state index in [1.807, 2.05) is 48.6 Å². The molecule has 20 nitrogen and oxygen atoms in total. The third-order valence-corrected chi connectivity index (χ3v) is 9.09. The van der Waals surface area contributed by atoms with Crippen molar-refractivity contribution in [2.75, 3.05) is 56.5 Å². The zero-order chi connectivity index (χ0) is 50.2. The summed E-state index contributed by atoms with van der Waals surface area (Å²) in [6.45, 7) is 6.78. The van der Waals surface area contributed by atoms with Crippen LogP contribution in [0.5, 0.6) is 23.0 Å². The topological polar surface area (TPSA) is 317 Å². The van der Waals surface area contributed by atoms with E-state index in [-0.39, 0.29) is 142 Å². The van der Waals surface area contributed by atoms with Gasteiger partial charge in [-0.2, -0.15) is 0 Å². The van der Waals surface area contributed by atoms with E-state index in [0.29, 0.717) is 36.7 Å². The molecule has 1 N–H and O–H groups in total. The van der Waals surface area contributed by atoms with Gasteiger partial charge in [-0.1, -0.05) is 52.3 Å². The molecule has 0 unspecified atom stereocenters. The maximum atomic E-state index is 10.5. The molecule has 1 aliphatic heterocycles. The molecule has 0 spiro atoms. The molecule has 4 aromatic carbocycles. The molecular weight excluding hydrogens is 1110 g/mol. The number of ether oxygens (including phenoxy) is 5. The van der Waals surface area contributed by atoms with Crippen LogP contribution in [0.15, 0.2) is 97.1 Å². The molecule has 5 rings (SSSR count). The van der Waals surface area contributed by atoms with Gasteiger partial charge in [-0.05, 0) is 103 Å². The van der Waals surface area contributed by atoms with E-state index in [4.69, 9.17) is 49.3 Å². The molecule has 1 saturated heterocycles. The van der Waals surface area contributed by atoms with E-state index in [2.05, 4.69) is 34.7 Å². The number of carbonyl (C=O) groups excluding carboxylic acids is 2. The molecular formula is C41H47BrNa4O20S4. The van der Waals surface area contributed by atoms with E-state index in [0.717, 1.165) is 48.4 Å². The summed E-state index contributed by atoms with van der Waals surface area (Å²) in [6, 6.07) is 27.8. The Balaban J connectivity index is -0.000000189. The van der Waals surface area contributed by atoms with Gasteiger partial charge < -0.3 is 44.8 Å². The number of phenolic OH excluding ortho intramolecular Hbond substituents is 1. The molecule has 1 aliphatic rings. The van der Waals surface area contributed by atoms with Crippen LogP contribution >= 0.6 is 15.9 Å². The average molecular weight is 1160 g/mol. The van der Waals surface area contributed by atoms with Crippen LogP contribution in [0, 0.1) is 14.0 Å². The van der Waals surface area contributed by atoms with Crippen LogP contribution in [0.4, 0.5) is 0 Å². The van der Waals surface area contributed by atoms with Crippen molar-refractivity contribution in [3.05, 3.63) is 133 Å². The number of halogens is 1. The molecule has 0 atom stereocenters. The summed E-state index contributed by atoms with van der Waals surface area (Å²) in [5.41, 5.74) is 3.22. The molecule has 29 heteroatoms. The minimum absolute atomic E-state index is 0. The van der Waals surface area contributed by atoms with E-state index >= 15 is 0 Å². The molecule has 4 aromatic rings. The Morgan fingerprint density at radius 1 is 0.571 bits per heavy atom. The Kier molecular flexibility index (Phi) is 58.4. The van der Waals surface area contributed by atoms with Gasteiger partial charge in [0.1, 0.15) is 48.8 Å². The smallest absolute Gasteiger partial charge is 0.748 e. The van der Waals surface area contributed by atoms with Crippen LogP contribution in [0.25, 0.3) is 12.2 Å². The van der Waals surface area contributed by atoms with Crippen LogP contribution in [0.3, 0.4) is 0 Å². The maximum Gasteiger partial charge on any atom is 1.00 e. The number of alkyl halides is 1. The van der Waals surface area contributed by atoms with Crippen molar-refractivity contribution in [3.8, 4) is 23.0 Å². The minimum atomic E-state index is -4.25. The quantitative estimate of drug-likeness (QED) is 0.0207. The first kappa shape index (κ1) is 80.0. The first-order valence-corrected chi connectivity index (χ1v) is 24.7. The molecule has 70 heavy (non-hydrogen) atoms. The summed E-state index contributed by atoms with van der Waals surface area (Å²) >= 11 is 2.81. The van der Waals surface area contributed by atoms with Crippen molar-refractivity contribution in [1.29, 1.82) is 0 Å². The predicted molar refractivity (Wildman–Crippen MR) is 243 cm³/mol. The first-order valence-electron chi connectivity index (χ1n) is 18.4. The number of aromatic hydroxyl groups is 1. The van der Waals surface area contributed by atoms with Gasteiger partial charge in [-0.25, -0.2) is 23.9 Å². The van der Waals surface area contributed by atoms with Gasteiger partial charge in [0.15, 0.2) is 0 Å². The number of phenols is 1. The molecule has 0 aliphatic carbocycles. The SMILES string of the molecule is C1CCOC1.O=Cc1ccc(O)cc1.O=S(=O)([O-])CCBr.O=S(=O)=O.O=S(=O)=O.[CH2-]COc1ccc(/C=C/c2ccc(OCCS(=O)(=O)[O-])cc2)cc1.[CH2-]OCCOc1ccc(C=O)cc1.[Na+].[Na+].[Na+].[Na+]. The van der Waals surface area contributed by atoms with Crippen molar-refractivity contribution in [1.82, 2.24) is 0 Å². The van der Waals surface area contributed by atoms with Crippen molar-refractivity contribution in [3.63, 3.8) is 0 Å². The molecule has 366 valence electrons. The first-order chi connectivity index (χ1) is 31.2. The van der Waals surface area contributed by atoms with Gasteiger partial charge in [-0.3, -0.25) is 9.59 Å². The summed E-state index contributed by atoms with van der Waals surface area (Å²) in [5, 5.41) is 8.96. The fourth-order valence-electron chi connectivity index (χ4n) is 3.94. The third-order valence-electron chi connectivity index (χ3n) is 6.80. The number of rotatable bonds is 16. The van der Waals surface area contributed by atoms with Crippen molar-refractivity contribution >= 4 is 82.1 Å². The number of benzene rings is 4. The van der Waals surface area contributed by atoms with Crippen LogP contribution < -0.4 is 132 Å². The summed E-state index contributed by atoms with van der Waals surface area (Å²) in [5.74, 6) is 1.34. The minimum Gasteiger partial charge on any atom is -0.748 e. The summed E-state index contributed by atoms with van der Waals surface area (Å²) in [6.07, 6.45) is 8.00. The van der Waals surface area contributed by atoms with E-state index in [1.54, 1.807) is 48.5 Å². The maximum absolute atomic E-state index is 10.5. The second-order valence-electron chi connectivity index (χ2n) is 11.8. The number of aldehydes is 2. The van der Waals surface area contributed by atoms with Crippen molar-refractivity contribution in [2.45, 2.75) is 12.8 Å². The monoisotopic (exact) mass is 1160 g/mol. The van der Waals surface area contributed by atoms with Gasteiger partial charge in [0.05, 0.1) is 26.0 Å². The average Bonchev–Trinajstić information content (AvgIpc) is 3.85. The normalized spacial score (nSPS) is 10.5. The van der Waals surface area contributed by atoms with Crippen LogP contribution in [0.1, 0.15) is 44.7 Å². The molecule has 1 heterocycles. The van der Waals surface area contributed by atoms with Crippen LogP contribution in [0.2, 0.25) is 0 Å². The Labute approximate surface area is 508 Å². The molecule has 0 radical (unpaired) electrons. The molecule has 0 saturated carbocycles. The van der Waals surface area contributed by atoms with E-state index in [9.17, 15) is 35.5 Å². The molecule has 1 fully saturated rings. The fourth-order valence-corrected chi connectivity index (χ4v) is 5.61. The fraction of sp³-hybridized carbons (Fsp3) is 0.268. The Hall–Kier alpha value is -1.38. The Bertz CT molecular complexity index is 2370. The Morgan fingerprint density at radius 3 is 1.17 bits per heavy atom. The largest absolute Gasteiger partial charge is 1.00 e. The predicted octanol–water partition coefficient (Wildman–Crippen LogP) is -7.38. The van der Waals surface area contributed by atoms with Crippen LogP contribution in [-0.4, -0.2) is 125 Å². The summed E-state index contributed by atoms with van der Waals surface area (Å²) in [7, 11) is -11.2. The third kappa shape index (κ3) is 55.9. The second-order valence-corrected chi connectivity index (χ2v) is 16.4. The molecule has 0 aromatic heterocycles. The summed E-state index contributed by atoms with van der Waals surface area (Å²) < 4.78 is 136. The molecule has 0 amide bonds. The van der Waals surface area contributed by atoms with Gasteiger partial charge in [0, 0.05) is 42.0 Å². The van der Waals surface area contributed by atoms with Gasteiger partial charge >= 0.3 is 139 Å². The standard InChI is InChI=1S/C18H19O5S.C10H11O3.C7H6O2.C4H8O.C2H5BrO3S.4Na.2O3S/c1-2-22-17-9-5-15(6-10-17)3-4-16-7-11-18(12-8-16)23-13-14-24(19,20)21;1-12-6-7-13-10-4-2-9(8-11)3-5-10;8-5-6-1-3-7(9)4-2-6;1-2-4-5-3-1;3-1-2-7(4,5)6;;;;;2*1-4(2)3/h3-12H,1-2,13-14H2,(H,19,20,21);2-5,8H,1,6-7H2;1-5,9H;1-4H2;1-2H2,(H,4,5,6);;;;;;/q2*-1;;;;4*+1;;/p-2/b4-3+;;;;;;;;;;. The van der Waals surface area contributed by atoms with Gasteiger partial charge in [0.25, 0.3) is 0 Å². The Morgan fingerprint density at radius 2 is 0.900 bits per heavy atom. The van der Waals surface area contributed by atoms with E-state index in [1.165, 1.54) is 25.0 Å².